The SMILES string of the molecule is O=C(CN1CCC(C(O)c2ccccc2)CC1)NCC1CCCCC1. The van der Waals surface area contributed by atoms with Gasteiger partial charge in [0.15, 0.2) is 0 Å². The van der Waals surface area contributed by atoms with Crippen molar-refractivity contribution >= 4 is 5.91 Å². The van der Waals surface area contributed by atoms with E-state index in [0.717, 1.165) is 38.0 Å². The molecule has 1 saturated carbocycles. The van der Waals surface area contributed by atoms with Gasteiger partial charge in [-0.05, 0) is 56.2 Å². The van der Waals surface area contributed by atoms with Crippen molar-refractivity contribution in [3.8, 4) is 0 Å². The van der Waals surface area contributed by atoms with Crippen LogP contribution in [-0.2, 0) is 4.79 Å². The molecular formula is C21H32N2O2. The normalized spacial score (nSPS) is 21.8. The third-order valence-electron chi connectivity index (χ3n) is 5.90. The lowest BCUT2D eigenvalue weighted by Gasteiger charge is -2.34. The lowest BCUT2D eigenvalue weighted by atomic mass is 9.87. The van der Waals surface area contributed by atoms with Crippen molar-refractivity contribution in [1.29, 1.82) is 0 Å². The second kappa shape index (κ2) is 9.35. The molecule has 1 aromatic rings. The van der Waals surface area contributed by atoms with Gasteiger partial charge in [0, 0.05) is 6.54 Å². The molecule has 0 aromatic heterocycles. The largest absolute Gasteiger partial charge is 0.388 e. The number of aliphatic hydroxyl groups excluding tert-OH is 1. The highest BCUT2D eigenvalue weighted by atomic mass is 16.3. The van der Waals surface area contributed by atoms with Crippen molar-refractivity contribution in [2.24, 2.45) is 11.8 Å². The van der Waals surface area contributed by atoms with Gasteiger partial charge in [0.1, 0.15) is 0 Å². The zero-order valence-corrected chi connectivity index (χ0v) is 15.2. The van der Waals surface area contributed by atoms with Gasteiger partial charge in [-0.15, -0.1) is 0 Å². The summed E-state index contributed by atoms with van der Waals surface area (Å²) in [5.74, 6) is 1.14. The zero-order chi connectivity index (χ0) is 17.5. The number of carbonyl (C=O) groups excluding carboxylic acids is 1. The van der Waals surface area contributed by atoms with Crippen molar-refractivity contribution in [3.05, 3.63) is 35.9 Å². The van der Waals surface area contributed by atoms with Crippen LogP contribution in [0, 0.1) is 11.8 Å². The number of rotatable bonds is 6. The minimum absolute atomic E-state index is 0.160. The maximum Gasteiger partial charge on any atom is 0.234 e. The summed E-state index contributed by atoms with van der Waals surface area (Å²) in [6.07, 6.45) is 8.04. The lowest BCUT2D eigenvalue weighted by Crippen LogP contribution is -2.43. The van der Waals surface area contributed by atoms with E-state index in [1.807, 2.05) is 30.3 Å². The van der Waals surface area contributed by atoms with Crippen LogP contribution in [-0.4, -0.2) is 42.1 Å². The van der Waals surface area contributed by atoms with Crippen LogP contribution in [0.15, 0.2) is 30.3 Å². The average molecular weight is 344 g/mol. The van der Waals surface area contributed by atoms with Crippen molar-refractivity contribution in [2.45, 2.75) is 51.0 Å². The quantitative estimate of drug-likeness (QED) is 0.834. The smallest absolute Gasteiger partial charge is 0.234 e. The molecule has 0 spiro atoms. The summed E-state index contributed by atoms with van der Waals surface area (Å²) in [6.45, 7) is 3.14. The Morgan fingerprint density at radius 2 is 1.76 bits per heavy atom. The van der Waals surface area contributed by atoms with Crippen LogP contribution in [0.1, 0.15) is 56.6 Å². The van der Waals surface area contributed by atoms with E-state index in [-0.39, 0.29) is 12.0 Å². The van der Waals surface area contributed by atoms with Crippen molar-refractivity contribution < 1.29 is 9.90 Å². The Kier molecular flexibility index (Phi) is 6.88. The Hall–Kier alpha value is -1.39. The Bertz CT molecular complexity index is 520. The van der Waals surface area contributed by atoms with Crippen LogP contribution < -0.4 is 5.32 Å². The van der Waals surface area contributed by atoms with E-state index in [0.29, 0.717) is 18.4 Å². The number of amides is 1. The van der Waals surface area contributed by atoms with E-state index in [2.05, 4.69) is 10.2 Å². The molecule has 2 aliphatic rings. The first-order chi connectivity index (χ1) is 12.2. The summed E-state index contributed by atoms with van der Waals surface area (Å²) in [7, 11) is 0. The van der Waals surface area contributed by atoms with Gasteiger partial charge in [0.2, 0.25) is 5.91 Å². The fourth-order valence-corrected chi connectivity index (χ4v) is 4.26. The summed E-state index contributed by atoms with van der Waals surface area (Å²) in [6, 6.07) is 9.92. The van der Waals surface area contributed by atoms with Crippen LogP contribution in [0.2, 0.25) is 0 Å². The molecule has 2 N–H and O–H groups in total. The molecule has 1 atom stereocenters. The predicted molar refractivity (Wildman–Crippen MR) is 100 cm³/mol. The molecule has 1 aliphatic heterocycles. The fraction of sp³-hybridized carbons (Fsp3) is 0.667. The van der Waals surface area contributed by atoms with Crippen molar-refractivity contribution in [1.82, 2.24) is 10.2 Å². The van der Waals surface area contributed by atoms with E-state index in [1.54, 1.807) is 0 Å². The molecule has 1 aromatic carbocycles. The number of hydrogen-bond donors (Lipinski definition) is 2. The topological polar surface area (TPSA) is 52.6 Å². The summed E-state index contributed by atoms with van der Waals surface area (Å²) in [5.41, 5.74) is 1.01. The number of likely N-dealkylation sites (tertiary alicyclic amines) is 1. The average Bonchev–Trinajstić information content (AvgIpc) is 2.68. The second-order valence-corrected chi connectivity index (χ2v) is 7.78. The predicted octanol–water partition coefficient (Wildman–Crippen LogP) is 3.13. The van der Waals surface area contributed by atoms with Crippen molar-refractivity contribution in [2.75, 3.05) is 26.2 Å². The molecule has 4 heteroatoms. The lowest BCUT2D eigenvalue weighted by molar-refractivity contribution is -0.123. The second-order valence-electron chi connectivity index (χ2n) is 7.78. The Balaban J connectivity index is 1.36. The van der Waals surface area contributed by atoms with Crippen molar-refractivity contribution in [3.63, 3.8) is 0 Å². The van der Waals surface area contributed by atoms with E-state index in [9.17, 15) is 9.90 Å². The number of nitrogens with one attached hydrogen (secondary N) is 1. The van der Waals surface area contributed by atoms with Gasteiger partial charge >= 0.3 is 0 Å². The first-order valence-corrected chi connectivity index (χ1v) is 9.94. The van der Waals surface area contributed by atoms with Gasteiger partial charge in [-0.1, -0.05) is 49.6 Å². The van der Waals surface area contributed by atoms with Crippen LogP contribution >= 0.6 is 0 Å². The molecule has 2 fully saturated rings. The molecule has 1 unspecified atom stereocenters. The molecule has 1 heterocycles. The summed E-state index contributed by atoms with van der Waals surface area (Å²) < 4.78 is 0. The maximum absolute atomic E-state index is 12.2. The maximum atomic E-state index is 12.2. The van der Waals surface area contributed by atoms with E-state index >= 15 is 0 Å². The molecule has 138 valence electrons. The third kappa shape index (κ3) is 5.55. The van der Waals surface area contributed by atoms with Gasteiger partial charge in [-0.25, -0.2) is 0 Å². The Labute approximate surface area is 151 Å². The van der Waals surface area contributed by atoms with Gasteiger partial charge in [-0.3, -0.25) is 9.69 Å². The Morgan fingerprint density at radius 1 is 1.08 bits per heavy atom. The van der Waals surface area contributed by atoms with Gasteiger partial charge in [-0.2, -0.15) is 0 Å². The highest BCUT2D eigenvalue weighted by Gasteiger charge is 2.27. The molecule has 4 nitrogen and oxygen atoms in total. The highest BCUT2D eigenvalue weighted by molar-refractivity contribution is 5.78. The first-order valence-electron chi connectivity index (χ1n) is 9.94. The van der Waals surface area contributed by atoms with Crippen LogP contribution in [0.4, 0.5) is 0 Å². The number of piperidine rings is 1. The molecule has 25 heavy (non-hydrogen) atoms. The summed E-state index contributed by atoms with van der Waals surface area (Å²) in [4.78, 5) is 14.4. The molecule has 1 aliphatic carbocycles. The van der Waals surface area contributed by atoms with Crippen LogP contribution in [0.5, 0.6) is 0 Å². The van der Waals surface area contributed by atoms with E-state index in [1.165, 1.54) is 32.1 Å². The molecule has 1 amide bonds. The van der Waals surface area contributed by atoms with Crippen LogP contribution in [0.25, 0.3) is 0 Å². The van der Waals surface area contributed by atoms with E-state index < -0.39 is 0 Å². The Morgan fingerprint density at radius 3 is 2.44 bits per heavy atom. The molecule has 0 bridgehead atoms. The number of hydrogen-bond acceptors (Lipinski definition) is 3. The van der Waals surface area contributed by atoms with E-state index in [4.69, 9.17) is 0 Å². The monoisotopic (exact) mass is 344 g/mol. The minimum Gasteiger partial charge on any atom is -0.388 e. The third-order valence-corrected chi connectivity index (χ3v) is 5.90. The van der Waals surface area contributed by atoms with Gasteiger partial charge in [0.05, 0.1) is 12.6 Å². The first kappa shape index (κ1) is 18.4. The molecule has 3 rings (SSSR count). The highest BCUT2D eigenvalue weighted by Crippen LogP contribution is 2.30. The number of carbonyl (C=O) groups is 1. The number of nitrogens with zero attached hydrogens (tertiary/aromatic N) is 1. The number of benzene rings is 1. The molecular weight excluding hydrogens is 312 g/mol. The summed E-state index contributed by atoms with van der Waals surface area (Å²) >= 11 is 0. The zero-order valence-electron chi connectivity index (χ0n) is 15.2. The summed E-state index contributed by atoms with van der Waals surface area (Å²) in [5, 5.41) is 13.7. The molecule has 0 radical (unpaired) electrons. The van der Waals surface area contributed by atoms with Crippen LogP contribution in [0.3, 0.4) is 0 Å². The standard InChI is InChI=1S/C21H32N2O2/c24-20(22-15-17-7-3-1-4-8-17)16-23-13-11-19(12-14-23)21(25)18-9-5-2-6-10-18/h2,5-6,9-10,17,19,21,25H,1,3-4,7-8,11-16H2,(H,22,24). The number of aliphatic hydroxyl groups is 1. The minimum atomic E-state index is -0.386. The molecule has 1 saturated heterocycles. The van der Waals surface area contributed by atoms with Gasteiger partial charge in [0.25, 0.3) is 0 Å². The van der Waals surface area contributed by atoms with Gasteiger partial charge < -0.3 is 10.4 Å². The fourth-order valence-electron chi connectivity index (χ4n) is 4.26.